The summed E-state index contributed by atoms with van der Waals surface area (Å²) in [7, 11) is 0. The van der Waals surface area contributed by atoms with E-state index in [4.69, 9.17) is 10.3 Å². The summed E-state index contributed by atoms with van der Waals surface area (Å²) in [6, 6.07) is 0. The molecule has 13 heavy (non-hydrogen) atoms. The second-order valence-electron chi connectivity index (χ2n) is 2.91. The molecule has 0 aromatic heterocycles. The van der Waals surface area contributed by atoms with Crippen molar-refractivity contribution in [1.29, 1.82) is 0 Å². The summed E-state index contributed by atoms with van der Waals surface area (Å²) < 4.78 is 0. The smallest absolute Gasteiger partial charge is 0.303 e. The Hall–Kier alpha value is -0.610. The van der Waals surface area contributed by atoms with Gasteiger partial charge >= 0.3 is 5.97 Å². The lowest BCUT2D eigenvalue weighted by molar-refractivity contribution is -0.137. The minimum Gasteiger partial charge on any atom is -0.481 e. The van der Waals surface area contributed by atoms with E-state index in [9.17, 15) is 4.79 Å². The van der Waals surface area contributed by atoms with Crippen molar-refractivity contribution < 1.29 is 15.1 Å². The van der Waals surface area contributed by atoms with Crippen molar-refractivity contribution in [3.63, 3.8) is 0 Å². The molecule has 0 aliphatic rings. The second-order valence-corrected chi connectivity index (χ2v) is 2.91. The number of carboxylic acids is 1. The monoisotopic (exact) mass is 191 g/mol. The van der Waals surface area contributed by atoms with Crippen LogP contribution in [0.1, 0.15) is 51.9 Å². The lowest BCUT2D eigenvalue weighted by Gasteiger charge is -1.97. The number of carboxylic acid groups (broad SMARTS) is 1. The minimum atomic E-state index is -0.666. The Morgan fingerprint density at radius 1 is 1.08 bits per heavy atom. The number of nitrogens with two attached hydrogens (primary N) is 1. The van der Waals surface area contributed by atoms with Gasteiger partial charge in [0.05, 0.1) is 0 Å². The quantitative estimate of drug-likeness (QED) is 0.425. The summed E-state index contributed by atoms with van der Waals surface area (Å²) in [6.45, 7) is 2.18. The molecule has 0 aliphatic carbocycles. The highest BCUT2D eigenvalue weighted by Gasteiger charge is 1.95. The van der Waals surface area contributed by atoms with Gasteiger partial charge in [0.15, 0.2) is 0 Å². The first-order valence-electron chi connectivity index (χ1n) is 4.75. The first-order chi connectivity index (χ1) is 6.27. The largest absolute Gasteiger partial charge is 0.481 e. The Bertz CT molecular complexity index is 107. The first kappa shape index (κ1) is 14.9. The van der Waals surface area contributed by atoms with Crippen molar-refractivity contribution in [2.75, 3.05) is 0 Å². The topological polar surface area (TPSA) is 83.5 Å². The minimum absolute atomic E-state index is 0.339. The molecule has 0 aromatic carbocycles. The molecule has 0 radical (unpaired) electrons. The highest BCUT2D eigenvalue weighted by molar-refractivity contribution is 5.66. The van der Waals surface area contributed by atoms with E-state index in [-0.39, 0.29) is 0 Å². The normalized spacial score (nSPS) is 8.85. The van der Waals surface area contributed by atoms with Crippen LogP contribution in [0.25, 0.3) is 0 Å². The van der Waals surface area contributed by atoms with Gasteiger partial charge < -0.3 is 10.3 Å². The number of aliphatic carboxylic acids is 1. The Morgan fingerprint density at radius 3 is 2.00 bits per heavy atom. The van der Waals surface area contributed by atoms with Crippen LogP contribution in [0.5, 0.6) is 0 Å². The van der Waals surface area contributed by atoms with E-state index in [0.29, 0.717) is 6.42 Å². The van der Waals surface area contributed by atoms with Crippen molar-refractivity contribution in [2.24, 2.45) is 5.90 Å². The predicted molar refractivity (Wildman–Crippen MR) is 51.6 cm³/mol. The van der Waals surface area contributed by atoms with E-state index >= 15 is 0 Å². The zero-order valence-corrected chi connectivity index (χ0v) is 8.33. The van der Waals surface area contributed by atoms with Gasteiger partial charge in [-0.25, -0.2) is 5.90 Å². The Kier molecular flexibility index (Phi) is 16.0. The molecule has 0 spiro atoms. The summed E-state index contributed by atoms with van der Waals surface area (Å²) in [4.78, 5) is 10.1. The average Bonchev–Trinajstić information content (AvgIpc) is 2.14. The molecular formula is C9H21NO3. The van der Waals surface area contributed by atoms with Crippen LogP contribution in [0.2, 0.25) is 0 Å². The number of rotatable bonds is 7. The van der Waals surface area contributed by atoms with Gasteiger partial charge in [0.1, 0.15) is 0 Å². The van der Waals surface area contributed by atoms with Crippen molar-refractivity contribution in [2.45, 2.75) is 51.9 Å². The lowest BCUT2D eigenvalue weighted by atomic mass is 10.1. The summed E-state index contributed by atoms with van der Waals surface area (Å²) >= 11 is 0. The fraction of sp³-hybridized carbons (Fsp3) is 0.889. The molecule has 0 saturated heterocycles. The van der Waals surface area contributed by atoms with E-state index < -0.39 is 5.97 Å². The zero-order chi connectivity index (χ0) is 10.5. The van der Waals surface area contributed by atoms with Gasteiger partial charge in [-0.1, -0.05) is 39.0 Å². The van der Waals surface area contributed by atoms with Gasteiger partial charge in [-0.2, -0.15) is 0 Å². The van der Waals surface area contributed by atoms with Crippen molar-refractivity contribution >= 4 is 5.97 Å². The van der Waals surface area contributed by atoms with Crippen molar-refractivity contribution in [1.82, 2.24) is 0 Å². The van der Waals surface area contributed by atoms with Crippen LogP contribution < -0.4 is 5.90 Å². The van der Waals surface area contributed by atoms with Crippen LogP contribution >= 0.6 is 0 Å². The molecule has 0 fully saturated rings. The molecule has 0 aliphatic heterocycles. The molecule has 4 nitrogen and oxygen atoms in total. The number of carbonyl (C=O) groups is 1. The molecule has 0 atom stereocenters. The molecule has 0 unspecified atom stereocenters. The molecule has 4 N–H and O–H groups in total. The maximum atomic E-state index is 10.1. The maximum absolute atomic E-state index is 10.1. The molecule has 0 heterocycles. The molecule has 0 bridgehead atoms. The van der Waals surface area contributed by atoms with Gasteiger partial charge in [0.2, 0.25) is 0 Å². The van der Waals surface area contributed by atoms with Crippen LogP contribution in [0, 0.1) is 0 Å². The number of hydrogen-bond acceptors (Lipinski definition) is 3. The molecule has 0 saturated carbocycles. The molecule has 80 valence electrons. The zero-order valence-electron chi connectivity index (χ0n) is 8.33. The SMILES string of the molecule is CCCCCCCCC(=O)O.NO. The number of hydrogen-bond donors (Lipinski definition) is 3. The van der Waals surface area contributed by atoms with Gasteiger partial charge in [-0.05, 0) is 6.42 Å². The molecule has 0 amide bonds. The fourth-order valence-electron chi connectivity index (χ4n) is 1.06. The third-order valence-electron chi connectivity index (χ3n) is 1.74. The lowest BCUT2D eigenvalue weighted by Crippen LogP contribution is -1.93. The standard InChI is InChI=1S/C9H18O2.H3NO/c1-2-3-4-5-6-7-8-9(10)11;1-2/h2-8H2,1H3,(H,10,11);2H,1H2. The predicted octanol–water partition coefficient (Wildman–Crippen LogP) is 2.16. The van der Waals surface area contributed by atoms with E-state index in [2.05, 4.69) is 12.8 Å². The van der Waals surface area contributed by atoms with E-state index in [0.717, 1.165) is 12.8 Å². The summed E-state index contributed by atoms with van der Waals surface area (Å²) in [5.74, 6) is 2.83. The molecular weight excluding hydrogens is 170 g/mol. The van der Waals surface area contributed by atoms with Crippen LogP contribution in [0.15, 0.2) is 0 Å². The summed E-state index contributed by atoms with van der Waals surface area (Å²) in [5.41, 5.74) is 0. The van der Waals surface area contributed by atoms with Crippen LogP contribution in [-0.2, 0) is 4.79 Å². The van der Waals surface area contributed by atoms with Gasteiger partial charge in [-0.3, -0.25) is 4.79 Å². The summed E-state index contributed by atoms with van der Waals surface area (Å²) in [5, 5.41) is 14.8. The van der Waals surface area contributed by atoms with Gasteiger partial charge in [-0.15, -0.1) is 0 Å². The molecule has 4 heteroatoms. The van der Waals surface area contributed by atoms with E-state index in [1.807, 2.05) is 0 Å². The van der Waals surface area contributed by atoms with Crippen LogP contribution in [0.3, 0.4) is 0 Å². The van der Waals surface area contributed by atoms with Crippen molar-refractivity contribution in [3.05, 3.63) is 0 Å². The van der Waals surface area contributed by atoms with Gasteiger partial charge in [0.25, 0.3) is 0 Å². The van der Waals surface area contributed by atoms with E-state index in [1.165, 1.54) is 25.7 Å². The Labute approximate surface area is 79.7 Å². The molecule has 0 rings (SSSR count). The Balaban J connectivity index is 0. The van der Waals surface area contributed by atoms with Crippen LogP contribution in [-0.4, -0.2) is 16.3 Å². The van der Waals surface area contributed by atoms with E-state index in [1.54, 1.807) is 0 Å². The fourth-order valence-corrected chi connectivity index (χ4v) is 1.06. The number of unbranched alkanes of at least 4 members (excludes halogenated alkanes) is 5. The Morgan fingerprint density at radius 2 is 1.54 bits per heavy atom. The van der Waals surface area contributed by atoms with Gasteiger partial charge in [0, 0.05) is 6.42 Å². The van der Waals surface area contributed by atoms with Crippen molar-refractivity contribution in [3.8, 4) is 0 Å². The van der Waals surface area contributed by atoms with Crippen LogP contribution in [0.4, 0.5) is 0 Å². The highest BCUT2D eigenvalue weighted by atomic mass is 16.4. The third-order valence-corrected chi connectivity index (χ3v) is 1.74. The molecule has 0 aromatic rings. The maximum Gasteiger partial charge on any atom is 0.303 e. The third kappa shape index (κ3) is 18.4. The highest BCUT2D eigenvalue weighted by Crippen LogP contribution is 2.06. The average molecular weight is 191 g/mol. The second kappa shape index (κ2) is 13.9. The summed E-state index contributed by atoms with van der Waals surface area (Å²) in [6.07, 6.45) is 7.25. The first-order valence-corrected chi connectivity index (χ1v) is 4.75.